The first kappa shape index (κ1) is 15.1. The first-order valence-electron chi connectivity index (χ1n) is 5.77. The average molecular weight is 360 g/mol. The fourth-order valence-corrected chi connectivity index (χ4v) is 2.48. The Hall–Kier alpha value is -1.26. The van der Waals surface area contributed by atoms with Crippen molar-refractivity contribution in [2.45, 2.75) is 13.8 Å². The molecule has 0 aliphatic heterocycles. The van der Waals surface area contributed by atoms with Gasteiger partial charge in [0.25, 0.3) is 0 Å². The normalized spacial score (nSPS) is 10.7. The number of hydrogen-bond acceptors (Lipinski definition) is 1. The van der Waals surface area contributed by atoms with Crippen molar-refractivity contribution < 1.29 is 13.6 Å². The summed E-state index contributed by atoms with van der Waals surface area (Å²) in [7, 11) is 0. The Morgan fingerprint density at radius 3 is 2.30 bits per heavy atom. The van der Waals surface area contributed by atoms with Crippen molar-refractivity contribution in [1.29, 1.82) is 0 Å². The van der Waals surface area contributed by atoms with Crippen LogP contribution in [-0.4, -0.2) is 5.78 Å². The maximum absolute atomic E-state index is 13.8. The number of halogens is 4. The van der Waals surface area contributed by atoms with Gasteiger partial charge >= 0.3 is 0 Å². The van der Waals surface area contributed by atoms with Gasteiger partial charge < -0.3 is 0 Å². The van der Waals surface area contributed by atoms with Gasteiger partial charge in [-0.15, -0.1) is 0 Å². The van der Waals surface area contributed by atoms with Gasteiger partial charge in [0.05, 0.1) is 10.6 Å². The molecule has 0 unspecified atom stereocenters. The molecule has 0 saturated carbocycles. The number of benzene rings is 2. The predicted molar refractivity (Wildman–Crippen MR) is 78.4 cm³/mol. The van der Waals surface area contributed by atoms with Crippen LogP contribution in [0.5, 0.6) is 0 Å². The monoisotopic (exact) mass is 358 g/mol. The van der Waals surface area contributed by atoms with Gasteiger partial charge in [-0.1, -0.05) is 27.5 Å². The van der Waals surface area contributed by atoms with Gasteiger partial charge in [0, 0.05) is 10.0 Å². The molecule has 0 heterocycles. The second-order valence-electron chi connectivity index (χ2n) is 4.49. The SMILES string of the molecule is Cc1cc(C(=O)c2cc(F)c(Cl)cc2F)c(C)cc1Br. The van der Waals surface area contributed by atoms with Crippen LogP contribution in [0.1, 0.15) is 27.0 Å². The van der Waals surface area contributed by atoms with E-state index in [9.17, 15) is 13.6 Å². The molecule has 2 aromatic rings. The van der Waals surface area contributed by atoms with E-state index in [0.29, 0.717) is 11.1 Å². The van der Waals surface area contributed by atoms with E-state index >= 15 is 0 Å². The molecule has 0 saturated heterocycles. The molecule has 0 N–H and O–H groups in total. The van der Waals surface area contributed by atoms with Crippen molar-refractivity contribution in [2.75, 3.05) is 0 Å². The number of aryl methyl sites for hydroxylation is 2. The highest BCUT2D eigenvalue weighted by Crippen LogP contribution is 2.26. The lowest BCUT2D eigenvalue weighted by Gasteiger charge is -2.09. The highest BCUT2D eigenvalue weighted by molar-refractivity contribution is 9.10. The van der Waals surface area contributed by atoms with Crippen LogP contribution < -0.4 is 0 Å². The Labute approximate surface area is 128 Å². The molecular weight excluding hydrogens is 350 g/mol. The van der Waals surface area contributed by atoms with Crippen molar-refractivity contribution in [3.63, 3.8) is 0 Å². The summed E-state index contributed by atoms with van der Waals surface area (Å²) in [6.07, 6.45) is 0. The molecule has 0 bridgehead atoms. The summed E-state index contributed by atoms with van der Waals surface area (Å²) >= 11 is 8.84. The molecule has 0 radical (unpaired) electrons. The second-order valence-corrected chi connectivity index (χ2v) is 5.75. The van der Waals surface area contributed by atoms with Gasteiger partial charge in [-0.25, -0.2) is 8.78 Å². The molecule has 0 aliphatic carbocycles. The molecule has 0 amide bonds. The molecular formula is C15H10BrClF2O. The van der Waals surface area contributed by atoms with E-state index in [-0.39, 0.29) is 10.6 Å². The fourth-order valence-electron chi connectivity index (χ4n) is 1.87. The molecule has 20 heavy (non-hydrogen) atoms. The number of hydrogen-bond donors (Lipinski definition) is 0. The Balaban J connectivity index is 2.57. The van der Waals surface area contributed by atoms with Crippen molar-refractivity contribution in [3.05, 3.63) is 67.6 Å². The molecule has 2 aromatic carbocycles. The van der Waals surface area contributed by atoms with Crippen molar-refractivity contribution in [3.8, 4) is 0 Å². The third-order valence-electron chi connectivity index (χ3n) is 3.00. The third-order valence-corrected chi connectivity index (χ3v) is 4.15. The van der Waals surface area contributed by atoms with E-state index in [1.54, 1.807) is 19.1 Å². The lowest BCUT2D eigenvalue weighted by molar-refractivity contribution is 0.103. The molecule has 2 rings (SSSR count). The van der Waals surface area contributed by atoms with Crippen LogP contribution in [0.4, 0.5) is 8.78 Å². The number of carbonyl (C=O) groups excluding carboxylic acids is 1. The van der Waals surface area contributed by atoms with Crippen LogP contribution in [0.2, 0.25) is 5.02 Å². The van der Waals surface area contributed by atoms with Crippen LogP contribution in [0.25, 0.3) is 0 Å². The Bertz CT molecular complexity index is 654. The lowest BCUT2D eigenvalue weighted by atomic mass is 9.97. The maximum Gasteiger partial charge on any atom is 0.196 e. The van der Waals surface area contributed by atoms with Crippen LogP contribution in [0.15, 0.2) is 28.7 Å². The molecule has 0 spiro atoms. The third kappa shape index (κ3) is 2.76. The van der Waals surface area contributed by atoms with Crippen LogP contribution in [-0.2, 0) is 0 Å². The predicted octanol–water partition coefficient (Wildman–Crippen LogP) is 5.23. The molecule has 0 fully saturated rings. The van der Waals surface area contributed by atoms with Crippen molar-refractivity contribution in [2.24, 2.45) is 0 Å². The molecule has 104 valence electrons. The smallest absolute Gasteiger partial charge is 0.196 e. The minimum atomic E-state index is -0.832. The highest BCUT2D eigenvalue weighted by Gasteiger charge is 2.19. The Morgan fingerprint density at radius 2 is 1.65 bits per heavy atom. The fraction of sp³-hybridized carbons (Fsp3) is 0.133. The summed E-state index contributed by atoms with van der Waals surface area (Å²) in [5.41, 5.74) is 1.54. The molecule has 5 heteroatoms. The zero-order valence-corrected chi connectivity index (χ0v) is 13.1. The minimum absolute atomic E-state index is 0.322. The van der Waals surface area contributed by atoms with E-state index in [1.165, 1.54) is 0 Å². The standard InChI is InChI=1S/C15H10BrClF2O/c1-7-4-11(16)8(2)3-9(7)15(20)10-5-14(19)12(17)6-13(10)18/h3-6H,1-2H3. The van der Waals surface area contributed by atoms with Crippen molar-refractivity contribution >= 4 is 33.3 Å². The summed E-state index contributed by atoms with van der Waals surface area (Å²) in [5.74, 6) is -2.21. The first-order valence-corrected chi connectivity index (χ1v) is 6.94. The summed E-state index contributed by atoms with van der Waals surface area (Å²) in [6.45, 7) is 3.56. The van der Waals surface area contributed by atoms with Crippen LogP contribution in [0.3, 0.4) is 0 Å². The van der Waals surface area contributed by atoms with E-state index in [0.717, 1.165) is 22.2 Å². The van der Waals surface area contributed by atoms with E-state index in [1.807, 2.05) is 6.92 Å². The topological polar surface area (TPSA) is 17.1 Å². The van der Waals surface area contributed by atoms with Gasteiger partial charge in [0.2, 0.25) is 0 Å². The second kappa shape index (κ2) is 5.62. The van der Waals surface area contributed by atoms with Gasteiger partial charge in [-0.05, 0) is 49.2 Å². The number of rotatable bonds is 2. The van der Waals surface area contributed by atoms with Gasteiger partial charge in [0.15, 0.2) is 5.78 Å². The minimum Gasteiger partial charge on any atom is -0.288 e. The van der Waals surface area contributed by atoms with Crippen LogP contribution in [0, 0.1) is 25.5 Å². The number of ketones is 1. The average Bonchev–Trinajstić information content (AvgIpc) is 2.37. The van der Waals surface area contributed by atoms with E-state index < -0.39 is 17.4 Å². The summed E-state index contributed by atoms with van der Waals surface area (Å²) in [6, 6.07) is 5.06. The van der Waals surface area contributed by atoms with E-state index in [2.05, 4.69) is 15.9 Å². The Kier molecular flexibility index (Phi) is 4.25. The molecule has 0 aliphatic rings. The number of carbonyl (C=O) groups is 1. The van der Waals surface area contributed by atoms with Gasteiger partial charge in [0.1, 0.15) is 11.6 Å². The van der Waals surface area contributed by atoms with Crippen molar-refractivity contribution in [1.82, 2.24) is 0 Å². The molecule has 0 atom stereocenters. The molecule has 1 nitrogen and oxygen atoms in total. The quantitative estimate of drug-likeness (QED) is 0.530. The summed E-state index contributed by atoms with van der Waals surface area (Å²) in [5, 5.41) is -0.345. The highest BCUT2D eigenvalue weighted by atomic mass is 79.9. The maximum atomic E-state index is 13.8. The molecule has 0 aromatic heterocycles. The first-order chi connectivity index (χ1) is 9.31. The summed E-state index contributed by atoms with van der Waals surface area (Å²) < 4.78 is 28.1. The lowest BCUT2D eigenvalue weighted by Crippen LogP contribution is -2.08. The summed E-state index contributed by atoms with van der Waals surface area (Å²) in [4.78, 5) is 12.3. The van der Waals surface area contributed by atoms with Crippen LogP contribution >= 0.6 is 27.5 Å². The Morgan fingerprint density at radius 1 is 1.00 bits per heavy atom. The zero-order valence-electron chi connectivity index (χ0n) is 10.7. The zero-order chi connectivity index (χ0) is 15.0. The van der Waals surface area contributed by atoms with E-state index in [4.69, 9.17) is 11.6 Å². The van der Waals surface area contributed by atoms with Gasteiger partial charge in [-0.3, -0.25) is 4.79 Å². The largest absolute Gasteiger partial charge is 0.288 e. The van der Waals surface area contributed by atoms with Gasteiger partial charge in [-0.2, -0.15) is 0 Å².